The number of benzene rings is 1. The Balaban J connectivity index is 1.97. The number of halogens is 1. The van der Waals surface area contributed by atoms with Crippen molar-refractivity contribution in [3.05, 3.63) is 28.7 Å². The zero-order valence-corrected chi connectivity index (χ0v) is 11.9. The van der Waals surface area contributed by atoms with Crippen LogP contribution in [0, 0.1) is 0 Å². The van der Waals surface area contributed by atoms with Gasteiger partial charge in [0.25, 0.3) is 0 Å². The summed E-state index contributed by atoms with van der Waals surface area (Å²) in [7, 11) is 0. The fourth-order valence-corrected chi connectivity index (χ4v) is 2.43. The van der Waals surface area contributed by atoms with Gasteiger partial charge in [-0.05, 0) is 31.0 Å². The van der Waals surface area contributed by atoms with Gasteiger partial charge in [0.05, 0.1) is 6.10 Å². The van der Waals surface area contributed by atoms with Gasteiger partial charge in [-0.3, -0.25) is 9.59 Å². The normalized spacial score (nSPS) is 19.1. The van der Waals surface area contributed by atoms with E-state index in [-0.39, 0.29) is 6.54 Å². The average molecular weight is 327 g/mol. The van der Waals surface area contributed by atoms with E-state index in [9.17, 15) is 14.7 Å². The second-order valence-corrected chi connectivity index (χ2v) is 5.43. The molecule has 0 aliphatic carbocycles. The second-order valence-electron chi connectivity index (χ2n) is 4.51. The van der Waals surface area contributed by atoms with Crippen LogP contribution in [-0.2, 0) is 9.59 Å². The molecule has 1 aliphatic heterocycles. The molecule has 0 aromatic heterocycles. The van der Waals surface area contributed by atoms with Crippen molar-refractivity contribution in [3.63, 3.8) is 0 Å². The Morgan fingerprint density at radius 3 is 2.89 bits per heavy atom. The Bertz CT molecular complexity index is 493. The van der Waals surface area contributed by atoms with Gasteiger partial charge in [-0.15, -0.1) is 0 Å². The minimum Gasteiger partial charge on any atom is -0.391 e. The molecule has 0 saturated carbocycles. The Kier molecular flexibility index (Phi) is 4.55. The topological polar surface area (TPSA) is 69.6 Å². The van der Waals surface area contributed by atoms with Crippen molar-refractivity contribution >= 4 is 33.4 Å². The van der Waals surface area contributed by atoms with Crippen LogP contribution in [0.5, 0.6) is 0 Å². The molecular weight excluding hydrogens is 312 g/mol. The standard InChI is InChI=1S/C13H15BrN2O3/c14-9-3-1-4-10(7-9)15-12(18)13(19)16-6-2-5-11(17)8-16/h1,3-4,7,11,17H,2,5-6,8H2,(H,15,18). The number of aliphatic hydroxyl groups is 1. The van der Waals surface area contributed by atoms with Crippen molar-refractivity contribution in [2.24, 2.45) is 0 Å². The first-order valence-corrected chi connectivity index (χ1v) is 6.89. The van der Waals surface area contributed by atoms with Gasteiger partial charge in [-0.2, -0.15) is 0 Å². The van der Waals surface area contributed by atoms with Crippen molar-refractivity contribution < 1.29 is 14.7 Å². The van der Waals surface area contributed by atoms with Crippen LogP contribution < -0.4 is 5.32 Å². The first kappa shape index (κ1) is 14.0. The summed E-state index contributed by atoms with van der Waals surface area (Å²) in [4.78, 5) is 25.1. The number of nitrogens with zero attached hydrogens (tertiary/aromatic N) is 1. The Morgan fingerprint density at radius 2 is 2.21 bits per heavy atom. The molecule has 19 heavy (non-hydrogen) atoms. The number of rotatable bonds is 1. The summed E-state index contributed by atoms with van der Waals surface area (Å²) >= 11 is 3.29. The van der Waals surface area contributed by atoms with Gasteiger partial charge in [0.1, 0.15) is 0 Å². The minimum atomic E-state index is -0.674. The van der Waals surface area contributed by atoms with Crippen LogP contribution in [0.15, 0.2) is 28.7 Å². The summed E-state index contributed by atoms with van der Waals surface area (Å²) < 4.78 is 0.825. The first-order valence-electron chi connectivity index (χ1n) is 6.10. The molecule has 1 aromatic rings. The highest BCUT2D eigenvalue weighted by Crippen LogP contribution is 2.16. The molecule has 0 radical (unpaired) electrons. The molecule has 1 atom stereocenters. The lowest BCUT2D eigenvalue weighted by molar-refractivity contribution is -0.145. The van der Waals surface area contributed by atoms with E-state index in [2.05, 4.69) is 21.2 Å². The van der Waals surface area contributed by atoms with Crippen LogP contribution in [0.1, 0.15) is 12.8 Å². The number of carbonyl (C=O) groups is 2. The largest absolute Gasteiger partial charge is 0.391 e. The summed E-state index contributed by atoms with van der Waals surface area (Å²) in [6.45, 7) is 0.743. The lowest BCUT2D eigenvalue weighted by atomic mass is 10.1. The van der Waals surface area contributed by atoms with Crippen LogP contribution >= 0.6 is 15.9 Å². The molecule has 1 aliphatic rings. The van der Waals surface area contributed by atoms with Crippen LogP contribution in [0.4, 0.5) is 5.69 Å². The summed E-state index contributed by atoms with van der Waals surface area (Å²) in [5, 5.41) is 12.1. The van der Waals surface area contributed by atoms with Gasteiger partial charge >= 0.3 is 11.8 Å². The predicted octanol–water partition coefficient (Wildman–Crippen LogP) is 1.37. The highest BCUT2D eigenvalue weighted by atomic mass is 79.9. The molecule has 5 nitrogen and oxygen atoms in total. The molecule has 1 saturated heterocycles. The molecule has 1 heterocycles. The third-order valence-electron chi connectivity index (χ3n) is 2.96. The lowest BCUT2D eigenvalue weighted by Crippen LogP contribution is -2.46. The molecule has 0 bridgehead atoms. The van der Waals surface area contributed by atoms with Gasteiger partial charge in [-0.25, -0.2) is 0 Å². The van der Waals surface area contributed by atoms with Crippen molar-refractivity contribution in [2.75, 3.05) is 18.4 Å². The first-order chi connectivity index (χ1) is 9.06. The molecule has 0 spiro atoms. The van der Waals surface area contributed by atoms with E-state index in [1.165, 1.54) is 4.90 Å². The van der Waals surface area contributed by atoms with Crippen LogP contribution in [-0.4, -0.2) is 41.0 Å². The van der Waals surface area contributed by atoms with E-state index in [0.717, 1.165) is 10.9 Å². The van der Waals surface area contributed by atoms with Crippen LogP contribution in [0.2, 0.25) is 0 Å². The molecular formula is C13H15BrN2O3. The SMILES string of the molecule is O=C(Nc1cccc(Br)c1)C(=O)N1CCCC(O)C1. The third-order valence-corrected chi connectivity index (χ3v) is 3.45. The van der Waals surface area contributed by atoms with Gasteiger partial charge in [0, 0.05) is 23.2 Å². The van der Waals surface area contributed by atoms with E-state index in [1.54, 1.807) is 18.2 Å². The van der Waals surface area contributed by atoms with Gasteiger partial charge < -0.3 is 15.3 Å². The second kappa shape index (κ2) is 6.16. The Hall–Kier alpha value is -1.40. The van der Waals surface area contributed by atoms with Crippen LogP contribution in [0.3, 0.4) is 0 Å². The number of β-amino-alcohol motifs (C(OH)–C–C–N with tert-alkyl or cyclic N) is 1. The highest BCUT2D eigenvalue weighted by Gasteiger charge is 2.26. The number of piperidine rings is 1. The number of nitrogens with one attached hydrogen (secondary N) is 1. The van der Waals surface area contributed by atoms with E-state index in [0.29, 0.717) is 18.7 Å². The zero-order valence-electron chi connectivity index (χ0n) is 10.3. The van der Waals surface area contributed by atoms with Crippen molar-refractivity contribution in [1.29, 1.82) is 0 Å². The maximum atomic E-state index is 11.9. The zero-order chi connectivity index (χ0) is 13.8. The summed E-state index contributed by atoms with van der Waals surface area (Å²) in [6.07, 6.45) is 0.866. The van der Waals surface area contributed by atoms with E-state index in [4.69, 9.17) is 0 Å². The highest BCUT2D eigenvalue weighted by molar-refractivity contribution is 9.10. The number of anilines is 1. The number of hydrogen-bond donors (Lipinski definition) is 2. The molecule has 1 aromatic carbocycles. The van der Waals surface area contributed by atoms with E-state index >= 15 is 0 Å². The number of carbonyl (C=O) groups excluding carboxylic acids is 2. The van der Waals surface area contributed by atoms with Crippen molar-refractivity contribution in [2.45, 2.75) is 18.9 Å². The quantitative estimate of drug-likeness (QED) is 0.766. The molecule has 2 amide bonds. The molecule has 102 valence electrons. The molecule has 6 heteroatoms. The third kappa shape index (κ3) is 3.78. The smallest absolute Gasteiger partial charge is 0.313 e. The molecule has 2 rings (SSSR count). The maximum Gasteiger partial charge on any atom is 0.313 e. The van der Waals surface area contributed by atoms with E-state index in [1.807, 2.05) is 6.07 Å². The average Bonchev–Trinajstić information content (AvgIpc) is 2.38. The predicted molar refractivity (Wildman–Crippen MR) is 74.6 cm³/mol. The van der Waals surface area contributed by atoms with Crippen LogP contribution in [0.25, 0.3) is 0 Å². The Labute approximate surface area is 119 Å². The molecule has 2 N–H and O–H groups in total. The number of aliphatic hydroxyl groups excluding tert-OH is 1. The van der Waals surface area contributed by atoms with Crippen molar-refractivity contribution in [3.8, 4) is 0 Å². The van der Waals surface area contributed by atoms with Gasteiger partial charge in [0.2, 0.25) is 0 Å². The molecule has 1 unspecified atom stereocenters. The van der Waals surface area contributed by atoms with Gasteiger partial charge in [-0.1, -0.05) is 22.0 Å². The summed E-state index contributed by atoms with van der Waals surface area (Å²) in [5.41, 5.74) is 0.560. The fourth-order valence-electron chi connectivity index (χ4n) is 2.03. The monoisotopic (exact) mass is 326 g/mol. The molecule has 1 fully saturated rings. The maximum absolute atomic E-state index is 11.9. The summed E-state index contributed by atoms with van der Waals surface area (Å²) in [6, 6.07) is 7.03. The summed E-state index contributed by atoms with van der Waals surface area (Å²) in [5.74, 6) is -1.27. The fraction of sp³-hybridized carbons (Fsp3) is 0.385. The lowest BCUT2D eigenvalue weighted by Gasteiger charge is -2.29. The minimum absolute atomic E-state index is 0.227. The van der Waals surface area contributed by atoms with Crippen molar-refractivity contribution in [1.82, 2.24) is 4.90 Å². The number of likely N-dealkylation sites (tertiary alicyclic amines) is 1. The van der Waals surface area contributed by atoms with Gasteiger partial charge in [0.15, 0.2) is 0 Å². The van der Waals surface area contributed by atoms with E-state index < -0.39 is 17.9 Å². The Morgan fingerprint density at radius 1 is 1.42 bits per heavy atom. The number of hydrogen-bond acceptors (Lipinski definition) is 3. The number of amides is 2.